The Kier molecular flexibility index (Phi) is 9.03. The Morgan fingerprint density at radius 1 is 0.955 bits per heavy atom. The summed E-state index contributed by atoms with van der Waals surface area (Å²) in [5, 5.41) is 0. The topological polar surface area (TPSA) is 60.4 Å². The van der Waals surface area contributed by atoms with Crippen molar-refractivity contribution in [2.45, 2.75) is 111 Å². The molecule has 2 aromatic carbocycles. The van der Waals surface area contributed by atoms with Gasteiger partial charge in [-0.15, -0.1) is 0 Å². The number of ketones is 3. The van der Waals surface area contributed by atoms with Crippen LogP contribution in [0.2, 0.25) is 0 Å². The molecule has 4 fully saturated rings. The van der Waals surface area contributed by atoms with E-state index in [1.54, 1.807) is 0 Å². The van der Waals surface area contributed by atoms with Crippen molar-refractivity contribution in [2.75, 3.05) is 0 Å². The van der Waals surface area contributed by atoms with Crippen molar-refractivity contribution < 1.29 is 19.1 Å². The molecule has 4 nitrogen and oxygen atoms in total. The summed E-state index contributed by atoms with van der Waals surface area (Å²) in [7, 11) is 0. The molecule has 2 aliphatic carbocycles. The molecule has 2 heterocycles. The molecule has 6 rings (SSSR count). The summed E-state index contributed by atoms with van der Waals surface area (Å²) < 4.78 is 6.72. The first-order valence-corrected chi connectivity index (χ1v) is 17.4. The van der Waals surface area contributed by atoms with Crippen LogP contribution in [0.4, 0.5) is 0 Å². The fraction of sp³-hybridized carbons (Fsp3) is 0.625. The second-order valence-corrected chi connectivity index (χ2v) is 15.3. The summed E-state index contributed by atoms with van der Waals surface area (Å²) in [6.45, 7) is 11.0. The van der Waals surface area contributed by atoms with Gasteiger partial charge in [-0.05, 0) is 98.3 Å². The van der Waals surface area contributed by atoms with Gasteiger partial charge in [-0.1, -0.05) is 82.1 Å². The van der Waals surface area contributed by atoms with E-state index in [1.807, 2.05) is 12.1 Å². The fourth-order valence-electron chi connectivity index (χ4n) is 9.67. The number of benzene rings is 2. The van der Waals surface area contributed by atoms with Crippen molar-refractivity contribution in [3.8, 4) is 0 Å². The van der Waals surface area contributed by atoms with Gasteiger partial charge in [0.15, 0.2) is 0 Å². The third kappa shape index (κ3) is 5.88. The number of carbonyl (C=O) groups is 3. The number of fused-ring (bicyclic) bond motifs is 1. The lowest BCUT2D eigenvalue weighted by atomic mass is 9.54. The van der Waals surface area contributed by atoms with E-state index in [0.29, 0.717) is 37.0 Å². The maximum Gasteiger partial charge on any atom is 0.143 e. The predicted octanol–water partition coefficient (Wildman–Crippen LogP) is 8.08. The molecule has 1 spiro atoms. The van der Waals surface area contributed by atoms with Gasteiger partial charge in [-0.3, -0.25) is 14.4 Å². The molecule has 2 bridgehead atoms. The van der Waals surface area contributed by atoms with E-state index in [9.17, 15) is 14.4 Å². The van der Waals surface area contributed by atoms with Gasteiger partial charge in [-0.25, -0.2) is 0 Å². The first-order chi connectivity index (χ1) is 21.1. The lowest BCUT2D eigenvalue weighted by molar-refractivity contribution is -0.155. The molecule has 4 aliphatic rings. The third-order valence-corrected chi connectivity index (χ3v) is 12.6. The minimum Gasteiger partial charge on any atom is -0.370 e. The molecule has 4 heteroatoms. The maximum atomic E-state index is 14.8. The van der Waals surface area contributed by atoms with Crippen molar-refractivity contribution in [3.63, 3.8) is 0 Å². The summed E-state index contributed by atoms with van der Waals surface area (Å²) in [5.74, 6) is 0.652. The lowest BCUT2D eigenvalue weighted by Gasteiger charge is -2.47. The Morgan fingerprint density at radius 2 is 1.73 bits per heavy atom. The summed E-state index contributed by atoms with van der Waals surface area (Å²) >= 11 is 0. The number of hydrogen-bond acceptors (Lipinski definition) is 4. The van der Waals surface area contributed by atoms with Crippen molar-refractivity contribution in [3.05, 3.63) is 70.8 Å². The van der Waals surface area contributed by atoms with E-state index in [1.165, 1.54) is 29.5 Å². The van der Waals surface area contributed by atoms with Crippen LogP contribution in [0.5, 0.6) is 0 Å². The Hall–Kier alpha value is -2.59. The minimum absolute atomic E-state index is 0.0614. The molecule has 0 N–H and O–H groups in total. The van der Waals surface area contributed by atoms with E-state index >= 15 is 0 Å². The van der Waals surface area contributed by atoms with Crippen LogP contribution >= 0.6 is 0 Å². The lowest BCUT2D eigenvalue weighted by Crippen LogP contribution is -2.57. The van der Waals surface area contributed by atoms with Gasteiger partial charge in [-0.2, -0.15) is 0 Å². The molecule has 10 unspecified atom stereocenters. The molecule has 44 heavy (non-hydrogen) atoms. The summed E-state index contributed by atoms with van der Waals surface area (Å²) in [6, 6.07) is 16.7. The quantitative estimate of drug-likeness (QED) is 0.278. The van der Waals surface area contributed by atoms with Gasteiger partial charge in [0.25, 0.3) is 0 Å². The van der Waals surface area contributed by atoms with Gasteiger partial charge in [0.2, 0.25) is 0 Å². The molecule has 0 radical (unpaired) electrons. The average molecular weight is 597 g/mol. The SMILES string of the molecule is Cc1ccc(CC(=O)C2C3CCC4(CC(C(=O)CC5CCCC(C)C5C)C(C(C)CCc5ccccc5)C(=O)C24)O3)cc1C. The maximum absolute atomic E-state index is 14.8. The van der Waals surface area contributed by atoms with Gasteiger partial charge in [0.05, 0.1) is 23.5 Å². The monoisotopic (exact) mass is 596 g/mol. The summed E-state index contributed by atoms with van der Waals surface area (Å²) in [5.41, 5.74) is 4.00. The standard InChI is InChI=1S/C40H52O4/c1-24-14-17-30(20-27(24)4)21-34(42)37-35-18-19-40(44-35)23-32(33(41)22-31-13-9-10-25(2)28(31)5)36(39(43)38(37)40)26(3)15-16-29-11-7-6-8-12-29/h6-8,11-12,14,17,20,25-26,28,31-32,35-38H,9-10,13,15-16,18-19,21-23H2,1-5H3. The Bertz CT molecular complexity index is 1380. The molecule has 0 amide bonds. The number of Topliss-reactive ketones (excluding diaryl/α,β-unsaturated/α-hetero) is 3. The number of hydrogen-bond donors (Lipinski definition) is 0. The zero-order valence-electron chi connectivity index (χ0n) is 27.5. The molecule has 10 atom stereocenters. The predicted molar refractivity (Wildman–Crippen MR) is 174 cm³/mol. The average Bonchev–Trinajstić information content (AvgIpc) is 3.57. The number of ether oxygens (including phenoxy) is 1. The van der Waals surface area contributed by atoms with Crippen LogP contribution in [0.3, 0.4) is 0 Å². The number of aryl methyl sites for hydroxylation is 3. The van der Waals surface area contributed by atoms with E-state index in [2.05, 4.69) is 71.0 Å². The minimum atomic E-state index is -0.660. The molecule has 2 saturated heterocycles. The highest BCUT2D eigenvalue weighted by atomic mass is 16.5. The fourth-order valence-corrected chi connectivity index (χ4v) is 9.67. The Morgan fingerprint density at radius 3 is 2.48 bits per heavy atom. The molecular weight excluding hydrogens is 544 g/mol. The van der Waals surface area contributed by atoms with Gasteiger partial charge >= 0.3 is 0 Å². The van der Waals surface area contributed by atoms with Crippen LogP contribution < -0.4 is 0 Å². The van der Waals surface area contributed by atoms with Crippen LogP contribution in [-0.4, -0.2) is 29.1 Å². The van der Waals surface area contributed by atoms with Gasteiger partial charge in [0, 0.05) is 24.7 Å². The van der Waals surface area contributed by atoms with Crippen LogP contribution in [0, 0.1) is 61.2 Å². The molecule has 0 aromatic heterocycles. The number of carbonyl (C=O) groups excluding carboxylic acids is 3. The molecule has 236 valence electrons. The molecule has 2 aromatic rings. The second kappa shape index (κ2) is 12.7. The van der Waals surface area contributed by atoms with Crippen molar-refractivity contribution in [1.29, 1.82) is 0 Å². The molecular formula is C40H52O4. The Balaban J connectivity index is 1.27. The van der Waals surface area contributed by atoms with Crippen molar-refractivity contribution >= 4 is 17.3 Å². The van der Waals surface area contributed by atoms with E-state index in [4.69, 9.17) is 4.74 Å². The normalized spacial score (nSPS) is 35.3. The third-order valence-electron chi connectivity index (χ3n) is 12.6. The van der Waals surface area contributed by atoms with Crippen LogP contribution in [0.1, 0.15) is 94.4 Å². The summed E-state index contributed by atoms with van der Waals surface area (Å²) in [6.07, 6.45) is 8.15. The smallest absolute Gasteiger partial charge is 0.143 e. The van der Waals surface area contributed by atoms with Crippen molar-refractivity contribution in [2.24, 2.45) is 47.3 Å². The van der Waals surface area contributed by atoms with Crippen molar-refractivity contribution in [1.82, 2.24) is 0 Å². The van der Waals surface area contributed by atoms with E-state index < -0.39 is 17.4 Å². The Labute approximate surface area is 264 Å². The highest BCUT2D eigenvalue weighted by Crippen LogP contribution is 2.60. The summed E-state index contributed by atoms with van der Waals surface area (Å²) in [4.78, 5) is 43.2. The molecule has 2 saturated carbocycles. The van der Waals surface area contributed by atoms with E-state index in [-0.39, 0.29) is 41.2 Å². The van der Waals surface area contributed by atoms with E-state index in [0.717, 1.165) is 37.7 Å². The first-order valence-electron chi connectivity index (χ1n) is 17.4. The zero-order chi connectivity index (χ0) is 31.2. The highest BCUT2D eigenvalue weighted by Gasteiger charge is 2.68. The van der Waals surface area contributed by atoms with Crippen LogP contribution in [0.15, 0.2) is 48.5 Å². The van der Waals surface area contributed by atoms with Gasteiger partial charge < -0.3 is 4.74 Å². The van der Waals surface area contributed by atoms with Gasteiger partial charge in [0.1, 0.15) is 17.3 Å². The highest BCUT2D eigenvalue weighted by molar-refractivity contribution is 5.98. The largest absolute Gasteiger partial charge is 0.370 e. The van der Waals surface area contributed by atoms with Crippen LogP contribution in [0.25, 0.3) is 0 Å². The number of rotatable bonds is 10. The van der Waals surface area contributed by atoms with Crippen LogP contribution in [-0.2, 0) is 32.0 Å². The second-order valence-electron chi connectivity index (χ2n) is 15.3. The molecule has 2 aliphatic heterocycles. The first kappa shape index (κ1) is 31.4. The zero-order valence-corrected chi connectivity index (χ0v) is 27.5.